The van der Waals surface area contributed by atoms with Crippen LogP contribution in [0.5, 0.6) is 0 Å². The van der Waals surface area contributed by atoms with E-state index in [1.807, 2.05) is 0 Å². The quantitative estimate of drug-likeness (QED) is 0.815. The van der Waals surface area contributed by atoms with Gasteiger partial charge in [-0.25, -0.2) is 0 Å². The molecule has 0 saturated heterocycles. The van der Waals surface area contributed by atoms with Crippen molar-refractivity contribution in [2.24, 2.45) is 11.3 Å². The van der Waals surface area contributed by atoms with Gasteiger partial charge in [0.15, 0.2) is 0 Å². The van der Waals surface area contributed by atoms with Crippen LogP contribution in [0.15, 0.2) is 0 Å². The third-order valence-electron chi connectivity index (χ3n) is 3.77. The lowest BCUT2D eigenvalue weighted by Crippen LogP contribution is -2.14. The Balaban J connectivity index is 2.71. The topological polar surface area (TPSA) is 36.0 Å². The molecule has 2 nitrogen and oxygen atoms in total. The largest absolute Gasteiger partial charge is 0.387 e. The summed E-state index contributed by atoms with van der Waals surface area (Å²) in [5.74, 6) is 0.531. The third-order valence-corrected chi connectivity index (χ3v) is 3.77. The van der Waals surface area contributed by atoms with Gasteiger partial charge in [0.05, 0.1) is 6.10 Å². The van der Waals surface area contributed by atoms with Crippen LogP contribution in [0.4, 0.5) is 0 Å². The Morgan fingerprint density at radius 3 is 2.06 bits per heavy atom. The molecule has 0 saturated carbocycles. The molecule has 1 rings (SSSR count). The summed E-state index contributed by atoms with van der Waals surface area (Å²) in [6.45, 7) is 15.3. The van der Waals surface area contributed by atoms with Crippen molar-refractivity contribution in [3.8, 4) is 0 Å². The van der Waals surface area contributed by atoms with Crippen LogP contribution in [0.3, 0.4) is 0 Å². The smallest absolute Gasteiger partial charge is 0.0943 e. The van der Waals surface area contributed by atoms with Crippen molar-refractivity contribution < 1.29 is 5.11 Å². The maximum Gasteiger partial charge on any atom is 0.0943 e. The molecule has 1 aromatic rings. The van der Waals surface area contributed by atoms with Crippen LogP contribution < -0.4 is 0 Å². The molecule has 0 aliphatic carbocycles. The van der Waals surface area contributed by atoms with E-state index >= 15 is 0 Å². The molecular weight excluding hydrogens is 222 g/mol. The molecule has 104 valence electrons. The average molecular weight is 251 g/mol. The van der Waals surface area contributed by atoms with Gasteiger partial charge in [-0.1, -0.05) is 27.7 Å². The van der Waals surface area contributed by atoms with Gasteiger partial charge in [0.25, 0.3) is 0 Å². The molecule has 0 spiro atoms. The second kappa shape index (κ2) is 5.48. The molecule has 2 unspecified atom stereocenters. The van der Waals surface area contributed by atoms with Gasteiger partial charge >= 0.3 is 0 Å². The number of rotatable bonds is 4. The fraction of sp³-hybridized carbons (Fsp3) is 0.750. The maximum atomic E-state index is 10.4. The maximum absolute atomic E-state index is 10.4. The van der Waals surface area contributed by atoms with E-state index in [2.05, 4.69) is 53.5 Å². The van der Waals surface area contributed by atoms with Gasteiger partial charge in [0.2, 0.25) is 0 Å². The monoisotopic (exact) mass is 251 g/mol. The number of hydrogen-bond donors (Lipinski definition) is 2. The number of aromatic amines is 1. The SMILES string of the molecule is Cc1[nH]c(C(O)CC(C)CC(C)(C)C)c(C)c1C. The molecule has 0 amide bonds. The van der Waals surface area contributed by atoms with Crippen LogP contribution >= 0.6 is 0 Å². The van der Waals surface area contributed by atoms with E-state index in [1.165, 1.54) is 16.8 Å². The van der Waals surface area contributed by atoms with Crippen molar-refractivity contribution in [3.63, 3.8) is 0 Å². The summed E-state index contributed by atoms with van der Waals surface area (Å²) in [6.07, 6.45) is 1.61. The molecule has 1 aromatic heterocycles. The van der Waals surface area contributed by atoms with Gasteiger partial charge in [-0.3, -0.25) is 0 Å². The normalized spacial score (nSPS) is 15.8. The molecule has 0 radical (unpaired) electrons. The fourth-order valence-corrected chi connectivity index (χ4v) is 2.83. The Hall–Kier alpha value is -0.760. The van der Waals surface area contributed by atoms with Gasteiger partial charge in [0.1, 0.15) is 0 Å². The van der Waals surface area contributed by atoms with Gasteiger partial charge in [0, 0.05) is 11.4 Å². The Kier molecular flexibility index (Phi) is 4.66. The number of aliphatic hydroxyl groups is 1. The Morgan fingerprint density at radius 1 is 1.11 bits per heavy atom. The number of aryl methyl sites for hydroxylation is 1. The van der Waals surface area contributed by atoms with E-state index in [9.17, 15) is 5.11 Å². The highest BCUT2D eigenvalue weighted by Crippen LogP contribution is 2.32. The van der Waals surface area contributed by atoms with Crippen molar-refractivity contribution in [2.45, 2.75) is 67.4 Å². The predicted octanol–water partition coefficient (Wildman–Crippen LogP) is 4.44. The average Bonchev–Trinajstić information content (AvgIpc) is 2.43. The lowest BCUT2D eigenvalue weighted by molar-refractivity contribution is 0.130. The molecule has 0 aliphatic rings. The number of aromatic nitrogens is 1. The standard InChI is InChI=1S/C16H29NO/c1-10(9-16(5,6)7)8-14(18)15-12(3)11(2)13(4)17-15/h10,14,17-18H,8-9H2,1-7H3. The summed E-state index contributed by atoms with van der Waals surface area (Å²) in [6, 6.07) is 0. The van der Waals surface area contributed by atoms with Crippen molar-refractivity contribution in [1.82, 2.24) is 4.98 Å². The number of nitrogens with one attached hydrogen (secondary N) is 1. The molecule has 2 N–H and O–H groups in total. The summed E-state index contributed by atoms with van der Waals surface area (Å²) in [5.41, 5.74) is 4.99. The van der Waals surface area contributed by atoms with Crippen molar-refractivity contribution in [1.29, 1.82) is 0 Å². The molecule has 2 atom stereocenters. The van der Waals surface area contributed by atoms with Gasteiger partial charge in [-0.05, 0) is 56.1 Å². The zero-order valence-electron chi connectivity index (χ0n) is 13.0. The zero-order chi connectivity index (χ0) is 14.1. The first-order valence-electron chi connectivity index (χ1n) is 6.95. The number of hydrogen-bond acceptors (Lipinski definition) is 1. The van der Waals surface area contributed by atoms with Gasteiger partial charge < -0.3 is 10.1 Å². The first-order valence-corrected chi connectivity index (χ1v) is 6.95. The number of aliphatic hydroxyl groups excluding tert-OH is 1. The van der Waals surface area contributed by atoms with Crippen molar-refractivity contribution >= 4 is 0 Å². The lowest BCUT2D eigenvalue weighted by atomic mass is 9.83. The van der Waals surface area contributed by atoms with Crippen molar-refractivity contribution in [2.75, 3.05) is 0 Å². The molecule has 0 aromatic carbocycles. The minimum atomic E-state index is -0.366. The van der Waals surface area contributed by atoms with E-state index in [0.717, 1.165) is 18.5 Å². The van der Waals surface area contributed by atoms with E-state index < -0.39 is 0 Å². The zero-order valence-corrected chi connectivity index (χ0v) is 13.0. The molecule has 18 heavy (non-hydrogen) atoms. The van der Waals surface area contributed by atoms with Crippen LogP contribution in [-0.2, 0) is 0 Å². The summed E-state index contributed by atoms with van der Waals surface area (Å²) in [4.78, 5) is 3.33. The van der Waals surface area contributed by atoms with E-state index in [-0.39, 0.29) is 6.10 Å². The highest BCUT2D eigenvalue weighted by molar-refractivity contribution is 5.35. The summed E-state index contributed by atoms with van der Waals surface area (Å²) in [7, 11) is 0. The Bertz CT molecular complexity index is 398. The Morgan fingerprint density at radius 2 is 1.67 bits per heavy atom. The minimum Gasteiger partial charge on any atom is -0.387 e. The van der Waals surface area contributed by atoms with Gasteiger partial charge in [-0.2, -0.15) is 0 Å². The predicted molar refractivity (Wildman–Crippen MR) is 77.8 cm³/mol. The lowest BCUT2D eigenvalue weighted by Gasteiger charge is -2.25. The van der Waals surface area contributed by atoms with E-state index in [0.29, 0.717) is 11.3 Å². The van der Waals surface area contributed by atoms with E-state index in [4.69, 9.17) is 0 Å². The van der Waals surface area contributed by atoms with Crippen molar-refractivity contribution in [3.05, 3.63) is 22.5 Å². The molecule has 1 heterocycles. The molecule has 2 heteroatoms. The third kappa shape index (κ3) is 3.88. The molecular formula is C16H29NO. The molecule has 0 bridgehead atoms. The van der Waals surface area contributed by atoms with Crippen LogP contribution in [0.25, 0.3) is 0 Å². The van der Waals surface area contributed by atoms with E-state index in [1.54, 1.807) is 0 Å². The van der Waals surface area contributed by atoms with Crippen LogP contribution in [0.2, 0.25) is 0 Å². The first-order chi connectivity index (χ1) is 8.11. The fourth-order valence-electron chi connectivity index (χ4n) is 2.83. The van der Waals surface area contributed by atoms with Crippen LogP contribution in [0.1, 0.15) is 69.2 Å². The summed E-state index contributed by atoms with van der Waals surface area (Å²) >= 11 is 0. The molecule has 0 aliphatic heterocycles. The second-order valence-corrected chi connectivity index (χ2v) is 7.04. The minimum absolute atomic E-state index is 0.329. The Labute approximate surface area is 112 Å². The van der Waals surface area contributed by atoms with Gasteiger partial charge in [-0.15, -0.1) is 0 Å². The summed E-state index contributed by atoms with van der Waals surface area (Å²) in [5, 5.41) is 10.4. The number of H-pyrrole nitrogens is 1. The highest BCUT2D eigenvalue weighted by atomic mass is 16.3. The van der Waals surface area contributed by atoms with Crippen LogP contribution in [-0.4, -0.2) is 10.1 Å². The second-order valence-electron chi connectivity index (χ2n) is 7.04. The highest BCUT2D eigenvalue weighted by Gasteiger charge is 2.21. The first kappa shape index (κ1) is 15.3. The summed E-state index contributed by atoms with van der Waals surface area (Å²) < 4.78 is 0. The van der Waals surface area contributed by atoms with Crippen LogP contribution in [0, 0.1) is 32.1 Å². The molecule has 0 fully saturated rings.